The molecule has 0 saturated heterocycles. The maximum absolute atomic E-state index is 9.34. The van der Waals surface area contributed by atoms with Gasteiger partial charge in [-0.2, -0.15) is 0 Å². The van der Waals surface area contributed by atoms with Crippen molar-refractivity contribution in [1.82, 2.24) is 0 Å². The molecule has 0 aliphatic heterocycles. The average Bonchev–Trinajstić information content (AvgIpc) is 1.72. The number of hydrogen-bond acceptors (Lipinski definition) is 4. The molecule has 0 saturated carbocycles. The fraction of sp³-hybridized carbons (Fsp3) is 0.750. The van der Waals surface area contributed by atoms with Crippen LogP contribution in [0.3, 0.4) is 0 Å². The molecule has 0 bridgehead atoms. The molecule has 0 aromatic heterocycles. The van der Waals surface area contributed by atoms with Crippen LogP contribution in [0.15, 0.2) is 0 Å². The predicted octanol–water partition coefficient (Wildman–Crippen LogP) is -5.27. The molecule has 0 aromatic carbocycles. The summed E-state index contributed by atoms with van der Waals surface area (Å²) in [4.78, 5) is 9.34. The first-order valence-electron chi connectivity index (χ1n) is 1.98. The Morgan fingerprint density at radius 1 is 1.56 bits per heavy atom. The van der Waals surface area contributed by atoms with E-state index >= 15 is 0 Å². The van der Waals surface area contributed by atoms with Crippen LogP contribution >= 0.6 is 0 Å². The zero-order valence-corrected chi connectivity index (χ0v) is 7.79. The molecule has 0 aliphatic rings. The van der Waals surface area contributed by atoms with Gasteiger partial charge in [-0.1, -0.05) is 0 Å². The quantitative estimate of drug-likeness (QED) is 0.360. The van der Waals surface area contributed by atoms with Crippen LogP contribution < -0.4 is 34.7 Å². The number of carboxylic acids is 1. The van der Waals surface area contributed by atoms with E-state index in [4.69, 9.17) is 10.2 Å². The number of aliphatic hydroxyl groups excluding tert-OH is 2. The summed E-state index contributed by atoms with van der Waals surface area (Å²) in [6.07, 6.45) is -1.34. The summed E-state index contributed by atoms with van der Waals surface area (Å²) in [5.41, 5.74) is 0. The number of carbonyl (C=O) groups excluding carboxylic acids is 1. The van der Waals surface area contributed by atoms with Crippen molar-refractivity contribution >= 4 is 5.97 Å². The number of aliphatic carboxylic acids is 1. The number of carboxylic acid groups (broad SMARTS) is 1. The molecule has 1 atom stereocenters. The summed E-state index contributed by atoms with van der Waals surface area (Å²) >= 11 is 0. The molecule has 0 fully saturated rings. The van der Waals surface area contributed by atoms with E-state index in [9.17, 15) is 9.90 Å². The van der Waals surface area contributed by atoms with Gasteiger partial charge in [-0.15, -0.1) is 0 Å². The third-order valence-corrected chi connectivity index (χ3v) is 0.341. The van der Waals surface area contributed by atoms with Gasteiger partial charge in [-0.25, -0.2) is 0 Å². The first-order valence-corrected chi connectivity index (χ1v) is 1.98. The van der Waals surface area contributed by atoms with Crippen LogP contribution in [0.5, 0.6) is 0 Å². The molecular weight excluding hydrogens is 135 g/mol. The summed E-state index contributed by atoms with van der Waals surface area (Å²) in [6, 6.07) is 0. The molecule has 0 amide bonds. The van der Waals surface area contributed by atoms with Gasteiger partial charge in [-0.3, -0.25) is 0 Å². The van der Waals surface area contributed by atoms with Crippen molar-refractivity contribution < 1.29 is 49.7 Å². The number of hydrogen-bond donors (Lipinski definition) is 2. The summed E-state index contributed by atoms with van der Waals surface area (Å²) in [7, 11) is 1.00. The van der Waals surface area contributed by atoms with Crippen LogP contribution in [-0.4, -0.2) is 29.4 Å². The Kier molecular flexibility index (Phi) is 20.2. The van der Waals surface area contributed by atoms with Crippen molar-refractivity contribution in [1.29, 1.82) is 0 Å². The van der Waals surface area contributed by atoms with Crippen LogP contribution in [0.2, 0.25) is 0 Å². The van der Waals surface area contributed by atoms with Crippen molar-refractivity contribution in [2.24, 2.45) is 0 Å². The molecule has 0 heterocycles. The Morgan fingerprint density at radius 3 is 1.67 bits per heavy atom. The van der Waals surface area contributed by atoms with Crippen molar-refractivity contribution in [3.8, 4) is 0 Å². The van der Waals surface area contributed by atoms with E-state index < -0.39 is 12.1 Å². The van der Waals surface area contributed by atoms with E-state index in [-0.39, 0.29) is 29.6 Å². The monoisotopic (exact) mass is 144 g/mol. The van der Waals surface area contributed by atoms with Gasteiger partial charge in [-0.05, 0) is 6.92 Å². The zero-order chi connectivity index (χ0) is 7.15. The van der Waals surface area contributed by atoms with Gasteiger partial charge in [0.2, 0.25) is 0 Å². The van der Waals surface area contributed by atoms with Crippen LogP contribution in [0, 0.1) is 0 Å². The normalized spacial score (nSPS) is 9.78. The minimum absolute atomic E-state index is 0. The van der Waals surface area contributed by atoms with Crippen LogP contribution in [-0.2, 0) is 4.79 Å². The Bertz CT molecular complexity index is 63.6. The topological polar surface area (TPSA) is 80.6 Å². The van der Waals surface area contributed by atoms with Crippen molar-refractivity contribution in [2.75, 3.05) is 7.11 Å². The fourth-order valence-electron chi connectivity index (χ4n) is 0. The van der Waals surface area contributed by atoms with Gasteiger partial charge in [0.05, 0.1) is 12.1 Å². The summed E-state index contributed by atoms with van der Waals surface area (Å²) in [5, 5.41) is 24.3. The van der Waals surface area contributed by atoms with Gasteiger partial charge >= 0.3 is 29.6 Å². The second-order valence-corrected chi connectivity index (χ2v) is 0.995. The van der Waals surface area contributed by atoms with E-state index in [1.807, 2.05) is 0 Å². The molecule has 50 valence electrons. The summed E-state index contributed by atoms with van der Waals surface area (Å²) < 4.78 is 0. The first kappa shape index (κ1) is 16.2. The maximum atomic E-state index is 9.34. The van der Waals surface area contributed by atoms with Crippen molar-refractivity contribution in [3.05, 3.63) is 0 Å². The van der Waals surface area contributed by atoms with Gasteiger partial charge in [0.25, 0.3) is 0 Å². The predicted molar refractivity (Wildman–Crippen MR) is 24.8 cm³/mol. The van der Waals surface area contributed by atoms with Crippen LogP contribution in [0.4, 0.5) is 0 Å². The summed E-state index contributed by atoms with van der Waals surface area (Å²) in [6.45, 7) is 1.13. The largest absolute Gasteiger partial charge is 1.00 e. The maximum Gasteiger partial charge on any atom is 1.00 e. The molecule has 0 rings (SSSR count). The van der Waals surface area contributed by atoms with Crippen molar-refractivity contribution in [3.63, 3.8) is 0 Å². The van der Waals surface area contributed by atoms with Gasteiger partial charge in [0.15, 0.2) is 0 Å². The number of carbonyl (C=O) groups is 1. The molecule has 2 N–H and O–H groups in total. The van der Waals surface area contributed by atoms with Gasteiger partial charge in [0.1, 0.15) is 0 Å². The average molecular weight is 144 g/mol. The molecule has 1 unspecified atom stereocenters. The molecule has 4 nitrogen and oxygen atoms in total. The van der Waals surface area contributed by atoms with Crippen molar-refractivity contribution in [2.45, 2.75) is 13.0 Å². The number of rotatable bonds is 1. The third kappa shape index (κ3) is 17.8. The third-order valence-electron chi connectivity index (χ3n) is 0.341. The smallest absolute Gasteiger partial charge is 0.547 e. The molecule has 0 radical (unpaired) electrons. The SMILES string of the molecule is CC(O)C(=O)[O-].CO.[Na+]. The number of aliphatic hydroxyl groups is 2. The van der Waals surface area contributed by atoms with E-state index in [1.54, 1.807) is 0 Å². The van der Waals surface area contributed by atoms with E-state index in [1.165, 1.54) is 0 Å². The molecule has 0 aromatic rings. The molecule has 5 heteroatoms. The Balaban J connectivity index is -0.000000109. The standard InChI is InChI=1S/C3H6O3.CH4O.Na/c1-2(4)3(5)6;1-2;/h2,4H,1H3,(H,5,6);2H,1H3;/q;;+1/p-1. The minimum Gasteiger partial charge on any atom is -0.547 e. The van der Waals surface area contributed by atoms with E-state index in [0.717, 1.165) is 14.0 Å². The van der Waals surface area contributed by atoms with E-state index in [2.05, 4.69) is 0 Å². The van der Waals surface area contributed by atoms with E-state index in [0.29, 0.717) is 0 Å². The second-order valence-electron chi connectivity index (χ2n) is 0.995. The Hall–Kier alpha value is 0.390. The Morgan fingerprint density at radius 2 is 1.67 bits per heavy atom. The molecule has 0 aliphatic carbocycles. The van der Waals surface area contributed by atoms with Gasteiger partial charge in [0, 0.05) is 7.11 Å². The molecule has 9 heavy (non-hydrogen) atoms. The summed E-state index contributed by atoms with van der Waals surface area (Å²) in [5.74, 6) is -1.44. The Labute approximate surface area is 75.8 Å². The van der Waals surface area contributed by atoms with Gasteiger partial charge < -0.3 is 20.1 Å². The first-order chi connectivity index (χ1) is 3.64. The minimum atomic E-state index is -1.44. The molecule has 0 spiro atoms. The fourth-order valence-corrected chi connectivity index (χ4v) is 0. The van der Waals surface area contributed by atoms with Crippen LogP contribution in [0.25, 0.3) is 0 Å². The molecular formula is C4H9NaO4. The van der Waals surface area contributed by atoms with Crippen LogP contribution in [0.1, 0.15) is 6.92 Å². The second kappa shape index (κ2) is 11.2. The zero-order valence-electron chi connectivity index (χ0n) is 5.79.